The van der Waals surface area contributed by atoms with E-state index in [4.69, 9.17) is 14.9 Å². The summed E-state index contributed by atoms with van der Waals surface area (Å²) in [7, 11) is 1.78. The molecule has 1 aliphatic heterocycles. The van der Waals surface area contributed by atoms with Crippen LogP contribution in [0.3, 0.4) is 0 Å². The molecule has 8 nitrogen and oxygen atoms in total. The van der Waals surface area contributed by atoms with Crippen molar-refractivity contribution in [1.29, 1.82) is 5.26 Å². The molecule has 0 saturated carbocycles. The van der Waals surface area contributed by atoms with Crippen molar-refractivity contribution >= 4 is 0 Å². The highest BCUT2D eigenvalue weighted by molar-refractivity contribution is 5.54. The number of aliphatic hydroxyl groups is 1. The molecule has 0 radical (unpaired) electrons. The molecule has 0 aliphatic carbocycles. The summed E-state index contributed by atoms with van der Waals surface area (Å²) in [6.45, 7) is 3.21. The largest absolute Gasteiger partial charge is 0.458 e. The van der Waals surface area contributed by atoms with Crippen molar-refractivity contribution in [2.45, 2.75) is 26.4 Å². The van der Waals surface area contributed by atoms with E-state index in [0.29, 0.717) is 5.69 Å². The van der Waals surface area contributed by atoms with Gasteiger partial charge in [0, 0.05) is 24.4 Å². The fraction of sp³-hybridized carbons (Fsp3) is 0.312. The average molecular weight is 328 g/mol. The first kappa shape index (κ1) is 15.8. The minimum Gasteiger partial charge on any atom is -0.458 e. The number of nitriles is 1. The lowest BCUT2D eigenvalue weighted by Gasteiger charge is -2.25. The smallest absolute Gasteiger partial charge is 0.228 e. The number of hydrogen-bond donors (Lipinski definition) is 2. The normalized spacial score (nSPS) is 16.5. The minimum atomic E-state index is -0.716. The summed E-state index contributed by atoms with van der Waals surface area (Å²) in [5.41, 5.74) is 7.74. The first-order valence-electron chi connectivity index (χ1n) is 7.24. The van der Waals surface area contributed by atoms with Crippen molar-refractivity contribution in [1.82, 2.24) is 9.78 Å². The lowest BCUT2D eigenvalue weighted by atomic mass is 9.86. The van der Waals surface area contributed by atoms with Crippen LogP contribution in [-0.4, -0.2) is 14.9 Å². The van der Waals surface area contributed by atoms with E-state index in [1.54, 1.807) is 18.7 Å². The number of nitrogens with zero attached hydrogens (tertiary/aromatic N) is 3. The van der Waals surface area contributed by atoms with E-state index in [1.165, 1.54) is 0 Å². The van der Waals surface area contributed by atoms with E-state index in [-0.39, 0.29) is 28.7 Å². The molecule has 0 aromatic carbocycles. The molecule has 0 bridgehead atoms. The number of hydrogen-bond acceptors (Lipinski definition) is 7. The highest BCUT2D eigenvalue weighted by atomic mass is 16.5. The van der Waals surface area contributed by atoms with E-state index in [9.17, 15) is 15.2 Å². The summed E-state index contributed by atoms with van der Waals surface area (Å²) < 4.78 is 12.6. The van der Waals surface area contributed by atoms with Crippen molar-refractivity contribution in [3.05, 3.63) is 56.2 Å². The summed E-state index contributed by atoms with van der Waals surface area (Å²) in [5, 5.41) is 23.2. The van der Waals surface area contributed by atoms with E-state index in [2.05, 4.69) is 5.10 Å². The van der Waals surface area contributed by atoms with Crippen molar-refractivity contribution in [2.24, 2.45) is 12.8 Å². The van der Waals surface area contributed by atoms with Crippen LogP contribution >= 0.6 is 0 Å². The zero-order valence-corrected chi connectivity index (χ0v) is 13.5. The molecule has 3 heterocycles. The number of fused-ring (bicyclic) bond motifs is 1. The lowest BCUT2D eigenvalue weighted by Crippen LogP contribution is -2.26. The van der Waals surface area contributed by atoms with Crippen molar-refractivity contribution in [3.63, 3.8) is 0 Å². The molecule has 1 aliphatic rings. The molecule has 3 N–H and O–H groups in total. The SMILES string of the molecule is Cc1nn(C)c(C)c1[C@H]1C(C#N)=C(N)Oc2c1oc(CO)cc2=O. The third kappa shape index (κ3) is 2.18. The van der Waals surface area contributed by atoms with Gasteiger partial charge in [0.05, 0.1) is 11.6 Å². The monoisotopic (exact) mass is 328 g/mol. The molecule has 24 heavy (non-hydrogen) atoms. The number of ether oxygens (including phenoxy) is 1. The Morgan fingerprint density at radius 1 is 1.50 bits per heavy atom. The Morgan fingerprint density at radius 3 is 2.75 bits per heavy atom. The zero-order chi connectivity index (χ0) is 17.6. The van der Waals surface area contributed by atoms with Crippen molar-refractivity contribution in [3.8, 4) is 11.8 Å². The summed E-state index contributed by atoms with van der Waals surface area (Å²) >= 11 is 0. The summed E-state index contributed by atoms with van der Waals surface area (Å²) in [5.74, 6) is -0.689. The first-order chi connectivity index (χ1) is 11.4. The third-order valence-corrected chi connectivity index (χ3v) is 4.14. The minimum absolute atomic E-state index is 0.0728. The van der Waals surface area contributed by atoms with Crippen molar-refractivity contribution < 1.29 is 14.3 Å². The molecular formula is C16H16N4O4. The van der Waals surface area contributed by atoms with Gasteiger partial charge < -0.3 is 20.0 Å². The fourth-order valence-electron chi connectivity index (χ4n) is 2.96. The number of rotatable bonds is 2. The second-order valence-electron chi connectivity index (χ2n) is 5.56. The molecule has 2 aromatic rings. The molecule has 2 aromatic heterocycles. The van der Waals surface area contributed by atoms with Gasteiger partial charge in [0.15, 0.2) is 5.76 Å². The Kier molecular flexibility index (Phi) is 3.66. The Hall–Kier alpha value is -3.05. The van der Waals surface area contributed by atoms with Crippen molar-refractivity contribution in [2.75, 3.05) is 0 Å². The van der Waals surface area contributed by atoms with Crippen LogP contribution in [0.25, 0.3) is 0 Å². The maximum atomic E-state index is 12.3. The van der Waals surface area contributed by atoms with Crippen LogP contribution in [0.5, 0.6) is 5.75 Å². The van der Waals surface area contributed by atoms with Gasteiger partial charge in [0.25, 0.3) is 0 Å². The highest BCUT2D eigenvalue weighted by Crippen LogP contribution is 2.42. The maximum absolute atomic E-state index is 12.3. The predicted octanol–water partition coefficient (Wildman–Crippen LogP) is 0.701. The van der Waals surface area contributed by atoms with Gasteiger partial charge in [-0.2, -0.15) is 10.4 Å². The van der Waals surface area contributed by atoms with Gasteiger partial charge >= 0.3 is 0 Å². The summed E-state index contributed by atoms with van der Waals surface area (Å²) in [4.78, 5) is 12.3. The van der Waals surface area contributed by atoms with Gasteiger partial charge in [-0.05, 0) is 13.8 Å². The fourth-order valence-corrected chi connectivity index (χ4v) is 2.96. The van der Waals surface area contributed by atoms with Crippen LogP contribution in [0.15, 0.2) is 26.7 Å². The second-order valence-corrected chi connectivity index (χ2v) is 5.56. The second kappa shape index (κ2) is 5.54. The van der Waals surface area contributed by atoms with E-state index < -0.39 is 18.0 Å². The van der Waals surface area contributed by atoms with Crippen LogP contribution in [0.2, 0.25) is 0 Å². The van der Waals surface area contributed by atoms with Crippen LogP contribution in [0, 0.1) is 25.2 Å². The first-order valence-corrected chi connectivity index (χ1v) is 7.24. The Balaban J connectivity index is 2.37. The number of aromatic nitrogens is 2. The molecule has 3 rings (SSSR count). The quantitative estimate of drug-likeness (QED) is 0.830. The molecule has 124 valence electrons. The maximum Gasteiger partial charge on any atom is 0.228 e. The molecular weight excluding hydrogens is 312 g/mol. The van der Waals surface area contributed by atoms with Crippen LogP contribution in [-0.2, 0) is 13.7 Å². The molecule has 0 amide bonds. The topological polar surface area (TPSA) is 127 Å². The van der Waals surface area contributed by atoms with Gasteiger partial charge in [0.2, 0.25) is 17.1 Å². The molecule has 0 saturated heterocycles. The summed E-state index contributed by atoms with van der Waals surface area (Å²) in [6, 6.07) is 3.17. The van der Waals surface area contributed by atoms with Gasteiger partial charge in [-0.3, -0.25) is 9.48 Å². The van der Waals surface area contributed by atoms with Gasteiger partial charge in [-0.15, -0.1) is 0 Å². The Bertz CT molecular complexity index is 962. The molecule has 0 fully saturated rings. The van der Waals surface area contributed by atoms with Crippen LogP contribution < -0.4 is 15.9 Å². The van der Waals surface area contributed by atoms with Crippen LogP contribution in [0.4, 0.5) is 0 Å². The van der Waals surface area contributed by atoms with Crippen LogP contribution in [0.1, 0.15) is 34.4 Å². The standard InChI is InChI=1S/C16H16N4O4/c1-7-12(8(2)20(3)19-7)13-10(5-17)16(18)24-14-11(22)4-9(6-21)23-15(13)14/h4,13,21H,6,18H2,1-3H3/t13-/m1/s1. The summed E-state index contributed by atoms with van der Waals surface area (Å²) in [6.07, 6.45) is 0. The van der Waals surface area contributed by atoms with E-state index in [0.717, 1.165) is 17.3 Å². The van der Waals surface area contributed by atoms with E-state index >= 15 is 0 Å². The molecule has 1 atom stereocenters. The van der Waals surface area contributed by atoms with Gasteiger partial charge in [-0.25, -0.2) is 0 Å². The molecule has 0 spiro atoms. The van der Waals surface area contributed by atoms with Gasteiger partial charge in [0.1, 0.15) is 24.0 Å². The Labute approximate surface area is 137 Å². The van der Waals surface area contributed by atoms with Gasteiger partial charge in [-0.1, -0.05) is 0 Å². The number of allylic oxidation sites excluding steroid dienone is 1. The van der Waals surface area contributed by atoms with E-state index in [1.807, 2.05) is 13.0 Å². The zero-order valence-electron chi connectivity index (χ0n) is 13.5. The molecule has 8 heteroatoms. The average Bonchev–Trinajstić information content (AvgIpc) is 2.79. The predicted molar refractivity (Wildman–Crippen MR) is 82.9 cm³/mol. The third-order valence-electron chi connectivity index (χ3n) is 4.14. The lowest BCUT2D eigenvalue weighted by molar-refractivity contribution is 0.231. The number of aliphatic hydroxyl groups excluding tert-OH is 1. The highest BCUT2D eigenvalue weighted by Gasteiger charge is 2.38. The number of nitrogens with two attached hydrogens (primary N) is 1. The Morgan fingerprint density at radius 2 is 2.21 bits per heavy atom. The number of aryl methyl sites for hydroxylation is 2. The molecule has 0 unspecified atom stereocenters.